The molecular formula is C17H23NO3. The summed E-state index contributed by atoms with van der Waals surface area (Å²) in [4.78, 5) is 26.3. The number of esters is 1. The van der Waals surface area contributed by atoms with Gasteiger partial charge in [0.15, 0.2) is 0 Å². The van der Waals surface area contributed by atoms with Crippen LogP contribution >= 0.6 is 0 Å². The highest BCUT2D eigenvalue weighted by molar-refractivity contribution is 6.00. The number of aryl methyl sites for hydroxylation is 1. The van der Waals surface area contributed by atoms with Crippen molar-refractivity contribution in [2.45, 2.75) is 58.6 Å². The zero-order valence-electron chi connectivity index (χ0n) is 13.2. The molecule has 0 fully saturated rings. The number of hydrogen-bond donors (Lipinski definition) is 0. The summed E-state index contributed by atoms with van der Waals surface area (Å²) in [6.45, 7) is 7.22. The molecule has 1 aliphatic heterocycles. The van der Waals surface area contributed by atoms with E-state index in [4.69, 9.17) is 4.74 Å². The van der Waals surface area contributed by atoms with Crippen LogP contribution in [0.25, 0.3) is 0 Å². The number of carbonyl (C=O) groups is 2. The van der Waals surface area contributed by atoms with E-state index in [1.807, 2.05) is 45.0 Å². The van der Waals surface area contributed by atoms with E-state index in [2.05, 4.69) is 0 Å². The van der Waals surface area contributed by atoms with Crippen molar-refractivity contribution in [1.29, 1.82) is 0 Å². The van der Waals surface area contributed by atoms with Gasteiger partial charge in [0, 0.05) is 12.1 Å². The van der Waals surface area contributed by atoms with Gasteiger partial charge in [-0.3, -0.25) is 9.69 Å². The Kier molecular flexibility index (Phi) is 4.35. The number of hydrogen-bond acceptors (Lipinski definition) is 3. The first-order chi connectivity index (χ1) is 9.79. The maximum Gasteiger partial charge on any atom is 0.329 e. The molecule has 1 unspecified atom stereocenters. The van der Waals surface area contributed by atoms with Gasteiger partial charge >= 0.3 is 5.97 Å². The molecule has 0 saturated carbocycles. The highest BCUT2D eigenvalue weighted by atomic mass is 16.6. The van der Waals surface area contributed by atoms with Gasteiger partial charge in [0.05, 0.1) is 0 Å². The van der Waals surface area contributed by atoms with Gasteiger partial charge in [-0.25, -0.2) is 4.79 Å². The van der Waals surface area contributed by atoms with Crippen LogP contribution in [0, 0.1) is 0 Å². The number of rotatable bonds is 2. The molecule has 1 atom stereocenters. The largest absolute Gasteiger partial charge is 0.458 e. The minimum Gasteiger partial charge on any atom is -0.458 e. The summed E-state index contributed by atoms with van der Waals surface area (Å²) in [5.74, 6) is -0.383. The molecular weight excluding hydrogens is 266 g/mol. The van der Waals surface area contributed by atoms with Gasteiger partial charge in [-0.1, -0.05) is 18.2 Å². The molecule has 4 heteroatoms. The monoisotopic (exact) mass is 289 g/mol. The Balaban J connectivity index is 2.32. The highest BCUT2D eigenvalue weighted by Gasteiger charge is 2.33. The van der Waals surface area contributed by atoms with E-state index in [0.717, 1.165) is 24.1 Å². The Labute approximate surface area is 126 Å². The van der Waals surface area contributed by atoms with Crippen LogP contribution in [0.1, 0.15) is 46.1 Å². The standard InChI is InChI=1S/C17H23NO3/c1-12(16(20)21-17(2,3)4)18-14-10-6-5-8-13(14)9-7-11-15(18)19/h5-6,8,10,12H,7,9,11H2,1-4H3. The Bertz CT molecular complexity index is 545. The average Bonchev–Trinajstić information content (AvgIpc) is 2.54. The van der Waals surface area contributed by atoms with Crippen LogP contribution in [0.5, 0.6) is 0 Å². The van der Waals surface area contributed by atoms with Crippen molar-refractivity contribution < 1.29 is 14.3 Å². The molecule has 1 aromatic carbocycles. The number of benzene rings is 1. The van der Waals surface area contributed by atoms with E-state index >= 15 is 0 Å². The molecule has 0 bridgehead atoms. The number of nitrogens with zero attached hydrogens (tertiary/aromatic N) is 1. The number of fused-ring (bicyclic) bond motifs is 1. The van der Waals surface area contributed by atoms with E-state index in [0.29, 0.717) is 6.42 Å². The first-order valence-electron chi connectivity index (χ1n) is 7.42. The fourth-order valence-electron chi connectivity index (χ4n) is 2.56. The van der Waals surface area contributed by atoms with Gasteiger partial charge in [-0.2, -0.15) is 0 Å². The van der Waals surface area contributed by atoms with Gasteiger partial charge in [-0.15, -0.1) is 0 Å². The van der Waals surface area contributed by atoms with Gasteiger partial charge in [-0.05, 0) is 52.2 Å². The lowest BCUT2D eigenvalue weighted by atomic mass is 10.1. The van der Waals surface area contributed by atoms with Crippen LogP contribution in [0.15, 0.2) is 24.3 Å². The van der Waals surface area contributed by atoms with E-state index in [-0.39, 0.29) is 11.9 Å². The predicted molar refractivity (Wildman–Crippen MR) is 82.2 cm³/mol. The lowest BCUT2D eigenvalue weighted by molar-refractivity contribution is -0.156. The van der Waals surface area contributed by atoms with Crippen LogP contribution in [-0.2, 0) is 20.7 Å². The van der Waals surface area contributed by atoms with Crippen LogP contribution in [0.4, 0.5) is 5.69 Å². The van der Waals surface area contributed by atoms with Crippen LogP contribution in [0.2, 0.25) is 0 Å². The van der Waals surface area contributed by atoms with Gasteiger partial charge < -0.3 is 4.74 Å². The van der Waals surface area contributed by atoms with Crippen LogP contribution in [0.3, 0.4) is 0 Å². The zero-order chi connectivity index (χ0) is 15.6. The van der Waals surface area contributed by atoms with E-state index < -0.39 is 11.6 Å². The average molecular weight is 289 g/mol. The van der Waals surface area contributed by atoms with Crippen molar-refractivity contribution in [1.82, 2.24) is 0 Å². The summed E-state index contributed by atoms with van der Waals surface area (Å²) in [6, 6.07) is 7.16. The summed E-state index contributed by atoms with van der Waals surface area (Å²) in [6.07, 6.45) is 2.13. The van der Waals surface area contributed by atoms with Crippen molar-refractivity contribution in [3.63, 3.8) is 0 Å². The van der Waals surface area contributed by atoms with Crippen molar-refractivity contribution in [3.8, 4) is 0 Å². The Morgan fingerprint density at radius 2 is 1.90 bits per heavy atom. The molecule has 0 N–H and O–H groups in total. The molecule has 114 valence electrons. The Morgan fingerprint density at radius 3 is 2.57 bits per heavy atom. The lowest BCUT2D eigenvalue weighted by Crippen LogP contribution is -2.46. The quantitative estimate of drug-likeness (QED) is 0.786. The fourth-order valence-corrected chi connectivity index (χ4v) is 2.56. The third kappa shape index (κ3) is 3.63. The smallest absolute Gasteiger partial charge is 0.329 e. The number of ether oxygens (including phenoxy) is 1. The normalized spacial score (nSPS) is 17.0. The predicted octanol–water partition coefficient (Wildman–Crippen LogP) is 3.09. The molecule has 0 saturated heterocycles. The molecule has 0 radical (unpaired) electrons. The first-order valence-corrected chi connectivity index (χ1v) is 7.42. The second-order valence-electron chi connectivity index (χ2n) is 6.46. The van der Waals surface area contributed by atoms with E-state index in [1.54, 1.807) is 11.8 Å². The maximum atomic E-state index is 12.4. The Hall–Kier alpha value is -1.84. The maximum absolute atomic E-state index is 12.4. The minimum atomic E-state index is -0.615. The molecule has 0 spiro atoms. The van der Waals surface area contributed by atoms with Gasteiger partial charge in [0.25, 0.3) is 0 Å². The third-order valence-corrected chi connectivity index (χ3v) is 3.49. The summed E-state index contributed by atoms with van der Waals surface area (Å²) < 4.78 is 5.42. The molecule has 1 aromatic rings. The molecule has 1 heterocycles. The SMILES string of the molecule is CC(C(=O)OC(C)(C)C)N1C(=O)CCCc2ccccc21. The zero-order valence-corrected chi connectivity index (χ0v) is 13.2. The number of para-hydroxylation sites is 1. The Morgan fingerprint density at radius 1 is 1.24 bits per heavy atom. The topological polar surface area (TPSA) is 46.6 Å². The number of anilines is 1. The van der Waals surface area contributed by atoms with E-state index in [1.165, 1.54) is 0 Å². The molecule has 21 heavy (non-hydrogen) atoms. The molecule has 0 aliphatic carbocycles. The number of amides is 1. The van der Waals surface area contributed by atoms with Crippen molar-refractivity contribution in [2.24, 2.45) is 0 Å². The van der Waals surface area contributed by atoms with Gasteiger partial charge in [0.1, 0.15) is 11.6 Å². The first kappa shape index (κ1) is 15.5. The molecule has 0 aromatic heterocycles. The van der Waals surface area contributed by atoms with Crippen LogP contribution < -0.4 is 4.90 Å². The third-order valence-electron chi connectivity index (χ3n) is 3.49. The van der Waals surface area contributed by atoms with Crippen molar-refractivity contribution in [2.75, 3.05) is 4.90 Å². The summed E-state index contributed by atoms with van der Waals surface area (Å²) in [7, 11) is 0. The second kappa shape index (κ2) is 5.88. The second-order valence-corrected chi connectivity index (χ2v) is 6.46. The minimum absolute atomic E-state index is 0.0155. The van der Waals surface area contributed by atoms with Crippen LogP contribution in [-0.4, -0.2) is 23.5 Å². The summed E-state index contributed by atoms with van der Waals surface area (Å²) >= 11 is 0. The van der Waals surface area contributed by atoms with Crippen molar-refractivity contribution >= 4 is 17.6 Å². The summed E-state index contributed by atoms with van der Waals surface area (Å²) in [5.41, 5.74) is 1.39. The van der Waals surface area contributed by atoms with E-state index in [9.17, 15) is 9.59 Å². The van der Waals surface area contributed by atoms with Gasteiger partial charge in [0.2, 0.25) is 5.91 Å². The fraction of sp³-hybridized carbons (Fsp3) is 0.529. The molecule has 1 amide bonds. The number of carbonyl (C=O) groups excluding carboxylic acids is 2. The lowest BCUT2D eigenvalue weighted by Gasteiger charge is -2.30. The van der Waals surface area contributed by atoms with Crippen molar-refractivity contribution in [3.05, 3.63) is 29.8 Å². The molecule has 1 aliphatic rings. The highest BCUT2D eigenvalue weighted by Crippen LogP contribution is 2.29. The molecule has 4 nitrogen and oxygen atoms in total. The molecule has 2 rings (SSSR count). The summed E-state index contributed by atoms with van der Waals surface area (Å²) in [5, 5.41) is 0.